The highest BCUT2D eigenvalue weighted by Gasteiger charge is 2.22. The lowest BCUT2D eigenvalue weighted by Crippen LogP contribution is -2.44. The van der Waals surface area contributed by atoms with Crippen molar-refractivity contribution in [1.29, 1.82) is 0 Å². The number of carbonyl (C=O) groups is 1. The first-order chi connectivity index (χ1) is 9.38. The summed E-state index contributed by atoms with van der Waals surface area (Å²) in [5.74, 6) is 1.31. The summed E-state index contributed by atoms with van der Waals surface area (Å²) in [5, 5.41) is 0. The van der Waals surface area contributed by atoms with E-state index < -0.39 is 0 Å². The van der Waals surface area contributed by atoms with Gasteiger partial charge in [0.25, 0.3) is 5.91 Å². The van der Waals surface area contributed by atoms with Crippen molar-refractivity contribution >= 4 is 5.91 Å². The van der Waals surface area contributed by atoms with E-state index >= 15 is 0 Å². The molecule has 1 fully saturated rings. The molecular weight excluding hydrogens is 250 g/mol. The molecule has 110 valence electrons. The zero-order chi connectivity index (χ0) is 14.8. The Balaban J connectivity index is 1.97. The molecule has 0 N–H and O–H groups in total. The molecule has 1 aromatic rings. The number of nitrogens with zero attached hydrogens (tertiary/aromatic N) is 1. The average molecular weight is 275 g/mol. The largest absolute Gasteiger partial charge is 0.484 e. The molecule has 1 unspecified atom stereocenters. The number of ether oxygens (including phenoxy) is 1. The fourth-order valence-corrected chi connectivity index (χ4v) is 2.18. The van der Waals surface area contributed by atoms with Crippen molar-refractivity contribution in [2.75, 3.05) is 19.7 Å². The number of amides is 1. The molecule has 1 amide bonds. The smallest absolute Gasteiger partial charge is 0.260 e. The fourth-order valence-electron chi connectivity index (χ4n) is 2.18. The summed E-state index contributed by atoms with van der Waals surface area (Å²) >= 11 is 0. The van der Waals surface area contributed by atoms with Crippen molar-refractivity contribution in [2.24, 2.45) is 5.41 Å². The van der Waals surface area contributed by atoms with E-state index in [0.717, 1.165) is 25.3 Å². The van der Waals surface area contributed by atoms with Crippen LogP contribution in [0.4, 0.5) is 0 Å². The molecule has 1 aliphatic heterocycles. The van der Waals surface area contributed by atoms with Crippen LogP contribution in [0, 0.1) is 5.41 Å². The Kier molecular flexibility index (Phi) is 4.36. The van der Waals surface area contributed by atoms with Gasteiger partial charge in [-0.15, -0.1) is 0 Å². The Morgan fingerprint density at radius 2 is 2.05 bits per heavy atom. The van der Waals surface area contributed by atoms with Crippen LogP contribution in [0.15, 0.2) is 24.3 Å². The van der Waals surface area contributed by atoms with Gasteiger partial charge >= 0.3 is 0 Å². The Bertz CT molecular complexity index is 472. The van der Waals surface area contributed by atoms with Crippen molar-refractivity contribution < 1.29 is 9.53 Å². The van der Waals surface area contributed by atoms with Gasteiger partial charge in [-0.1, -0.05) is 39.8 Å². The van der Waals surface area contributed by atoms with Crippen LogP contribution in [0.1, 0.15) is 45.6 Å². The van der Waals surface area contributed by atoms with Gasteiger partial charge in [0.15, 0.2) is 6.61 Å². The normalized spacial score (nSPS) is 16.5. The van der Waals surface area contributed by atoms with E-state index in [-0.39, 0.29) is 17.9 Å². The van der Waals surface area contributed by atoms with Crippen LogP contribution in [0.2, 0.25) is 0 Å². The maximum atomic E-state index is 11.8. The second-order valence-corrected chi connectivity index (χ2v) is 6.68. The molecule has 0 bridgehead atoms. The quantitative estimate of drug-likeness (QED) is 0.842. The molecule has 1 heterocycles. The molecule has 1 aliphatic rings. The molecular formula is C17H25NO2. The van der Waals surface area contributed by atoms with Crippen molar-refractivity contribution in [3.05, 3.63) is 29.8 Å². The second-order valence-electron chi connectivity index (χ2n) is 6.68. The highest BCUT2D eigenvalue weighted by Crippen LogP contribution is 2.35. The fraction of sp³-hybridized carbons (Fsp3) is 0.588. The van der Waals surface area contributed by atoms with Crippen LogP contribution in [0.3, 0.4) is 0 Å². The molecule has 0 aromatic heterocycles. The summed E-state index contributed by atoms with van der Waals surface area (Å²) in [5.41, 5.74) is 1.47. The molecule has 3 heteroatoms. The van der Waals surface area contributed by atoms with Crippen LogP contribution < -0.4 is 4.74 Å². The van der Waals surface area contributed by atoms with Gasteiger partial charge < -0.3 is 9.64 Å². The molecule has 1 atom stereocenters. The predicted molar refractivity (Wildman–Crippen MR) is 81.0 cm³/mol. The summed E-state index contributed by atoms with van der Waals surface area (Å²) in [6, 6.07) is 8.10. The highest BCUT2D eigenvalue weighted by atomic mass is 16.5. The lowest BCUT2D eigenvalue weighted by molar-refractivity contribution is -0.136. The summed E-state index contributed by atoms with van der Waals surface area (Å²) < 4.78 is 5.64. The third kappa shape index (κ3) is 3.53. The van der Waals surface area contributed by atoms with Crippen LogP contribution in [0.25, 0.3) is 0 Å². The Labute approximate surface area is 121 Å². The molecule has 1 saturated heterocycles. The SMILES string of the molecule is CC(c1cccc(OCC(=O)N2CCC2)c1)C(C)(C)C. The zero-order valence-electron chi connectivity index (χ0n) is 13.0. The second kappa shape index (κ2) is 5.86. The molecule has 2 rings (SSSR count). The first-order valence-corrected chi connectivity index (χ1v) is 7.38. The van der Waals surface area contributed by atoms with Crippen molar-refractivity contribution in [2.45, 2.75) is 40.0 Å². The number of rotatable bonds is 4. The molecule has 3 nitrogen and oxygen atoms in total. The summed E-state index contributed by atoms with van der Waals surface area (Å²) in [6.45, 7) is 10.8. The molecule has 20 heavy (non-hydrogen) atoms. The maximum absolute atomic E-state index is 11.8. The van der Waals surface area contributed by atoms with E-state index in [2.05, 4.69) is 39.8 Å². The van der Waals surface area contributed by atoms with E-state index in [1.54, 1.807) is 0 Å². The minimum Gasteiger partial charge on any atom is -0.484 e. The van der Waals surface area contributed by atoms with Crippen LogP contribution in [0.5, 0.6) is 5.75 Å². The van der Waals surface area contributed by atoms with Gasteiger partial charge in [0.1, 0.15) is 5.75 Å². The zero-order valence-corrected chi connectivity index (χ0v) is 13.0. The van der Waals surface area contributed by atoms with Crippen molar-refractivity contribution in [3.63, 3.8) is 0 Å². The first-order valence-electron chi connectivity index (χ1n) is 7.38. The third-order valence-electron chi connectivity index (χ3n) is 4.23. The molecule has 0 spiro atoms. The Hall–Kier alpha value is -1.51. The van der Waals surface area contributed by atoms with Gasteiger partial charge in [-0.3, -0.25) is 4.79 Å². The molecule has 0 saturated carbocycles. The van der Waals surface area contributed by atoms with Crippen molar-refractivity contribution in [3.8, 4) is 5.75 Å². The Morgan fingerprint density at radius 1 is 1.35 bits per heavy atom. The molecule has 1 aromatic carbocycles. The topological polar surface area (TPSA) is 29.5 Å². The van der Waals surface area contributed by atoms with Gasteiger partial charge in [-0.2, -0.15) is 0 Å². The standard InChI is InChI=1S/C17H25NO2/c1-13(17(2,3)4)14-7-5-8-15(11-14)20-12-16(19)18-9-6-10-18/h5,7-8,11,13H,6,9-10,12H2,1-4H3. The number of likely N-dealkylation sites (tertiary alicyclic amines) is 1. The monoisotopic (exact) mass is 275 g/mol. The van der Waals surface area contributed by atoms with Crippen LogP contribution in [-0.2, 0) is 4.79 Å². The first kappa shape index (κ1) is 14.9. The summed E-state index contributed by atoms with van der Waals surface area (Å²) in [6.07, 6.45) is 1.12. The lowest BCUT2D eigenvalue weighted by atomic mass is 9.78. The number of hydrogen-bond acceptors (Lipinski definition) is 2. The number of benzene rings is 1. The van der Waals surface area contributed by atoms with E-state index in [9.17, 15) is 4.79 Å². The van der Waals surface area contributed by atoms with Gasteiger partial charge in [0, 0.05) is 13.1 Å². The van der Waals surface area contributed by atoms with E-state index in [1.807, 2.05) is 17.0 Å². The Morgan fingerprint density at radius 3 is 2.60 bits per heavy atom. The van der Waals surface area contributed by atoms with Crippen LogP contribution >= 0.6 is 0 Å². The number of carbonyl (C=O) groups excluding carboxylic acids is 1. The van der Waals surface area contributed by atoms with E-state index in [4.69, 9.17) is 4.74 Å². The van der Waals surface area contributed by atoms with E-state index in [1.165, 1.54) is 5.56 Å². The molecule has 0 radical (unpaired) electrons. The van der Waals surface area contributed by atoms with Gasteiger partial charge in [0.2, 0.25) is 0 Å². The maximum Gasteiger partial charge on any atom is 0.260 e. The predicted octanol–water partition coefficient (Wildman–Crippen LogP) is 3.45. The lowest BCUT2D eigenvalue weighted by Gasteiger charge is -2.30. The highest BCUT2D eigenvalue weighted by molar-refractivity contribution is 5.78. The van der Waals surface area contributed by atoms with Crippen molar-refractivity contribution in [1.82, 2.24) is 4.90 Å². The van der Waals surface area contributed by atoms with Gasteiger partial charge in [0.05, 0.1) is 0 Å². The average Bonchev–Trinajstić information content (AvgIpc) is 2.32. The molecule has 0 aliphatic carbocycles. The number of hydrogen-bond donors (Lipinski definition) is 0. The third-order valence-corrected chi connectivity index (χ3v) is 4.23. The summed E-state index contributed by atoms with van der Waals surface area (Å²) in [7, 11) is 0. The summed E-state index contributed by atoms with van der Waals surface area (Å²) in [4.78, 5) is 13.6. The van der Waals surface area contributed by atoms with Gasteiger partial charge in [-0.25, -0.2) is 0 Å². The van der Waals surface area contributed by atoms with Gasteiger partial charge in [-0.05, 0) is 35.4 Å². The minimum absolute atomic E-state index is 0.0884. The minimum atomic E-state index is 0.0884. The van der Waals surface area contributed by atoms with E-state index in [0.29, 0.717) is 5.92 Å². The van der Waals surface area contributed by atoms with Crippen LogP contribution in [-0.4, -0.2) is 30.5 Å².